The van der Waals surface area contributed by atoms with Crippen molar-refractivity contribution in [2.45, 2.75) is 13.8 Å². The largest absolute Gasteiger partial charge is 0.482 e. The molecule has 2 aromatic carbocycles. The number of ether oxygens (including phenoxy) is 1. The van der Waals surface area contributed by atoms with Gasteiger partial charge in [-0.3, -0.25) is 0 Å². The fraction of sp³-hybridized carbons (Fsp3) is 0.176. The van der Waals surface area contributed by atoms with E-state index in [0.717, 1.165) is 14.7 Å². The third kappa shape index (κ3) is 5.24. The number of halogens is 1. The summed E-state index contributed by atoms with van der Waals surface area (Å²) in [5.41, 5.74) is 8.47. The van der Waals surface area contributed by atoms with E-state index in [4.69, 9.17) is 15.3 Å². The fourth-order valence-corrected chi connectivity index (χ4v) is 2.16. The van der Waals surface area contributed by atoms with E-state index in [1.165, 1.54) is 0 Å². The predicted octanol–water partition coefficient (Wildman–Crippen LogP) is 3.15. The normalized spacial score (nSPS) is 11.2. The number of oxime groups is 1. The smallest absolute Gasteiger partial charge is 0.372 e. The molecule has 0 unspecified atom stereocenters. The molecule has 23 heavy (non-hydrogen) atoms. The minimum absolute atomic E-state index is 0.140. The van der Waals surface area contributed by atoms with E-state index >= 15 is 0 Å². The number of aryl methyl sites for hydroxylation is 2. The molecule has 0 saturated heterocycles. The summed E-state index contributed by atoms with van der Waals surface area (Å²) in [5.74, 6) is 0.178. The van der Waals surface area contributed by atoms with Gasteiger partial charge in [-0.2, -0.15) is 0 Å². The maximum atomic E-state index is 11.7. The van der Waals surface area contributed by atoms with Crippen LogP contribution in [0.3, 0.4) is 0 Å². The van der Waals surface area contributed by atoms with E-state index in [0.29, 0.717) is 11.3 Å². The Morgan fingerprint density at radius 2 is 1.87 bits per heavy atom. The van der Waals surface area contributed by atoms with Crippen LogP contribution in [0.15, 0.2) is 47.6 Å². The molecule has 0 aromatic heterocycles. The van der Waals surface area contributed by atoms with Gasteiger partial charge in [0, 0.05) is 9.13 Å². The lowest BCUT2D eigenvalue weighted by molar-refractivity contribution is -0.146. The second kappa shape index (κ2) is 7.96. The van der Waals surface area contributed by atoms with Crippen molar-refractivity contribution in [3.8, 4) is 5.75 Å². The predicted molar refractivity (Wildman–Crippen MR) is 97.4 cm³/mol. The summed E-state index contributed by atoms with van der Waals surface area (Å²) in [5, 5.41) is 3.64. The summed E-state index contributed by atoms with van der Waals surface area (Å²) in [7, 11) is 0. The summed E-state index contributed by atoms with van der Waals surface area (Å²) in [6.45, 7) is 3.64. The van der Waals surface area contributed by atoms with Gasteiger partial charge >= 0.3 is 5.97 Å². The van der Waals surface area contributed by atoms with E-state index in [1.54, 1.807) is 12.1 Å². The highest BCUT2D eigenvalue weighted by molar-refractivity contribution is 14.1. The second-order valence-corrected chi connectivity index (χ2v) is 6.25. The minimum atomic E-state index is -0.612. The molecule has 0 amide bonds. The molecule has 0 heterocycles. The molecule has 0 aliphatic heterocycles. The molecule has 0 radical (unpaired) electrons. The number of hydrogen-bond acceptors (Lipinski definition) is 4. The molecular weight excluding hydrogens is 407 g/mol. The van der Waals surface area contributed by atoms with Gasteiger partial charge in [-0.15, -0.1) is 0 Å². The van der Waals surface area contributed by atoms with Gasteiger partial charge in [0.05, 0.1) is 0 Å². The maximum Gasteiger partial charge on any atom is 0.372 e. The Morgan fingerprint density at radius 1 is 1.17 bits per heavy atom. The molecule has 2 rings (SSSR count). The van der Waals surface area contributed by atoms with Gasteiger partial charge in [0.15, 0.2) is 12.4 Å². The number of nitrogens with zero attached hydrogens (tertiary/aromatic N) is 1. The van der Waals surface area contributed by atoms with Crippen molar-refractivity contribution in [1.29, 1.82) is 0 Å². The summed E-state index contributed by atoms with van der Waals surface area (Å²) < 4.78 is 6.53. The van der Waals surface area contributed by atoms with Crippen molar-refractivity contribution in [2.24, 2.45) is 10.9 Å². The van der Waals surface area contributed by atoms with Crippen LogP contribution in [0.1, 0.15) is 16.7 Å². The number of carbonyl (C=O) groups is 1. The number of rotatable bonds is 5. The summed E-state index contributed by atoms with van der Waals surface area (Å²) >= 11 is 2.19. The standard InChI is InChI=1S/C17H17IN2O3/c1-11-3-4-12(2)15(9-11)22-10-16(21)23-20-17(19)13-5-7-14(18)8-6-13/h3-9H,10H2,1-2H3,(H2,19,20). The van der Waals surface area contributed by atoms with Crippen molar-refractivity contribution in [2.75, 3.05) is 6.61 Å². The monoisotopic (exact) mass is 424 g/mol. The van der Waals surface area contributed by atoms with Crippen LogP contribution in [-0.4, -0.2) is 18.4 Å². The number of amidine groups is 1. The summed E-state index contributed by atoms with van der Waals surface area (Å²) in [6, 6.07) is 13.2. The van der Waals surface area contributed by atoms with Crippen LogP contribution in [0.4, 0.5) is 0 Å². The van der Waals surface area contributed by atoms with Gasteiger partial charge < -0.3 is 15.3 Å². The Bertz CT molecular complexity index is 727. The molecule has 2 N–H and O–H groups in total. The van der Waals surface area contributed by atoms with Gasteiger partial charge in [0.25, 0.3) is 0 Å². The molecule has 0 aliphatic rings. The maximum absolute atomic E-state index is 11.7. The van der Waals surface area contributed by atoms with Gasteiger partial charge in [-0.25, -0.2) is 4.79 Å². The lowest BCUT2D eigenvalue weighted by Gasteiger charge is -2.08. The highest BCUT2D eigenvalue weighted by Crippen LogP contribution is 2.18. The van der Waals surface area contributed by atoms with Crippen LogP contribution in [0.25, 0.3) is 0 Å². The molecule has 2 aromatic rings. The Hall–Kier alpha value is -2.09. The molecule has 0 bridgehead atoms. The molecule has 6 heteroatoms. The lowest BCUT2D eigenvalue weighted by Crippen LogP contribution is -2.18. The van der Waals surface area contributed by atoms with Crippen molar-refractivity contribution in [1.82, 2.24) is 0 Å². The van der Waals surface area contributed by atoms with Crippen LogP contribution in [0, 0.1) is 17.4 Å². The molecule has 0 spiro atoms. The molecule has 0 atom stereocenters. The zero-order valence-electron chi connectivity index (χ0n) is 12.9. The van der Waals surface area contributed by atoms with Gasteiger partial charge in [-0.1, -0.05) is 29.4 Å². The average molecular weight is 424 g/mol. The Balaban J connectivity index is 1.90. The van der Waals surface area contributed by atoms with E-state index < -0.39 is 5.97 Å². The van der Waals surface area contributed by atoms with Crippen LogP contribution in [-0.2, 0) is 9.63 Å². The first-order chi connectivity index (χ1) is 11.0. The Kier molecular flexibility index (Phi) is 5.97. The second-order valence-electron chi connectivity index (χ2n) is 5.00. The molecule has 0 saturated carbocycles. The SMILES string of the molecule is Cc1ccc(C)c(OCC(=O)O/N=C(/N)c2ccc(I)cc2)c1. The third-order valence-electron chi connectivity index (χ3n) is 3.07. The van der Waals surface area contributed by atoms with E-state index in [1.807, 2.05) is 44.2 Å². The van der Waals surface area contributed by atoms with E-state index in [-0.39, 0.29) is 12.4 Å². The molecule has 5 nitrogen and oxygen atoms in total. The molecule has 120 valence electrons. The quantitative estimate of drug-likeness (QED) is 0.263. The molecule has 0 fully saturated rings. The first kappa shape index (κ1) is 17.3. The average Bonchev–Trinajstić information content (AvgIpc) is 2.54. The number of hydrogen-bond donors (Lipinski definition) is 1. The van der Waals surface area contributed by atoms with Crippen LogP contribution >= 0.6 is 22.6 Å². The van der Waals surface area contributed by atoms with Gasteiger partial charge in [0.1, 0.15) is 5.75 Å². The van der Waals surface area contributed by atoms with Crippen molar-refractivity contribution in [3.63, 3.8) is 0 Å². The Labute approximate surface area is 148 Å². The number of benzene rings is 2. The van der Waals surface area contributed by atoms with E-state index in [2.05, 4.69) is 27.7 Å². The highest BCUT2D eigenvalue weighted by Gasteiger charge is 2.07. The highest BCUT2D eigenvalue weighted by atomic mass is 127. The minimum Gasteiger partial charge on any atom is -0.482 e. The first-order valence-electron chi connectivity index (χ1n) is 6.95. The number of nitrogens with two attached hydrogens (primary N) is 1. The third-order valence-corrected chi connectivity index (χ3v) is 3.79. The van der Waals surface area contributed by atoms with Crippen molar-refractivity contribution >= 4 is 34.4 Å². The van der Waals surface area contributed by atoms with E-state index in [9.17, 15) is 4.79 Å². The van der Waals surface area contributed by atoms with Crippen LogP contribution < -0.4 is 10.5 Å². The van der Waals surface area contributed by atoms with Crippen LogP contribution in [0.2, 0.25) is 0 Å². The lowest BCUT2D eigenvalue weighted by atomic mass is 10.1. The summed E-state index contributed by atoms with van der Waals surface area (Å²) in [4.78, 5) is 16.5. The Morgan fingerprint density at radius 3 is 2.57 bits per heavy atom. The van der Waals surface area contributed by atoms with Gasteiger partial charge in [0.2, 0.25) is 0 Å². The molecule has 0 aliphatic carbocycles. The fourth-order valence-electron chi connectivity index (χ4n) is 1.80. The number of carbonyl (C=O) groups excluding carboxylic acids is 1. The zero-order chi connectivity index (χ0) is 16.8. The van der Waals surface area contributed by atoms with Gasteiger partial charge in [-0.05, 0) is 65.8 Å². The first-order valence-corrected chi connectivity index (χ1v) is 8.03. The van der Waals surface area contributed by atoms with Crippen molar-refractivity contribution < 1.29 is 14.4 Å². The zero-order valence-corrected chi connectivity index (χ0v) is 15.0. The van der Waals surface area contributed by atoms with Crippen LogP contribution in [0.5, 0.6) is 5.75 Å². The summed E-state index contributed by atoms with van der Waals surface area (Å²) in [6.07, 6.45) is 0. The van der Waals surface area contributed by atoms with Crippen molar-refractivity contribution in [3.05, 3.63) is 62.7 Å². The topological polar surface area (TPSA) is 73.9 Å². The molecular formula is C17H17IN2O3.